The summed E-state index contributed by atoms with van der Waals surface area (Å²) >= 11 is 0. The van der Waals surface area contributed by atoms with Gasteiger partial charge in [0.05, 0.1) is 12.7 Å². The molecular weight excluding hydrogens is 140 g/mol. The highest BCUT2D eigenvalue weighted by atomic mass is 28.3. The minimum Gasteiger partial charge on any atom is -0.373 e. The van der Waals surface area contributed by atoms with Gasteiger partial charge in [-0.25, -0.2) is 0 Å². The monoisotopic (exact) mass is 156 g/mol. The predicted molar refractivity (Wildman–Crippen MR) is 45.2 cm³/mol. The fourth-order valence-electron chi connectivity index (χ4n) is 2.00. The molecule has 0 N–H and O–H groups in total. The van der Waals surface area contributed by atoms with Gasteiger partial charge in [-0.05, 0) is 6.04 Å². The van der Waals surface area contributed by atoms with Gasteiger partial charge in [-0.15, -0.1) is 0 Å². The largest absolute Gasteiger partial charge is 0.373 e. The Kier molecular flexibility index (Phi) is 2.09. The quantitative estimate of drug-likeness (QED) is 0.439. The van der Waals surface area contributed by atoms with E-state index in [1.54, 1.807) is 12.1 Å². The summed E-state index contributed by atoms with van der Waals surface area (Å²) in [7, 11) is -0.247. The molecule has 2 heterocycles. The van der Waals surface area contributed by atoms with Crippen molar-refractivity contribution in [1.29, 1.82) is 0 Å². The first kappa shape index (κ1) is 6.86. The van der Waals surface area contributed by atoms with Gasteiger partial charge < -0.3 is 4.74 Å². The van der Waals surface area contributed by atoms with Gasteiger partial charge in [-0.3, -0.25) is 0 Å². The lowest BCUT2D eigenvalue weighted by Crippen LogP contribution is -2.17. The Morgan fingerprint density at radius 3 is 2.50 bits per heavy atom. The maximum absolute atomic E-state index is 5.25. The molecule has 2 fully saturated rings. The Hall–Kier alpha value is 0.177. The number of hydrogen-bond acceptors (Lipinski definition) is 1. The third-order valence-electron chi connectivity index (χ3n) is 2.72. The molecule has 1 atom stereocenters. The van der Waals surface area contributed by atoms with Crippen LogP contribution >= 0.6 is 0 Å². The molecule has 0 aliphatic carbocycles. The van der Waals surface area contributed by atoms with Crippen molar-refractivity contribution >= 4 is 8.80 Å². The van der Waals surface area contributed by atoms with E-state index >= 15 is 0 Å². The van der Waals surface area contributed by atoms with E-state index in [2.05, 4.69) is 0 Å². The number of rotatable bonds is 2. The normalized spacial score (nSPS) is 34.2. The van der Waals surface area contributed by atoms with Crippen LogP contribution in [0.25, 0.3) is 0 Å². The molecule has 0 amide bonds. The summed E-state index contributed by atoms with van der Waals surface area (Å²) in [5.41, 5.74) is 0. The van der Waals surface area contributed by atoms with Crippen molar-refractivity contribution in [3.8, 4) is 0 Å². The summed E-state index contributed by atoms with van der Waals surface area (Å²) in [6, 6.07) is 4.72. The van der Waals surface area contributed by atoms with Crippen molar-refractivity contribution in [3.05, 3.63) is 0 Å². The third-order valence-corrected chi connectivity index (χ3v) is 6.37. The highest BCUT2D eigenvalue weighted by molar-refractivity contribution is 6.59. The van der Waals surface area contributed by atoms with Gasteiger partial charge in [0.1, 0.15) is 0 Å². The van der Waals surface area contributed by atoms with Crippen molar-refractivity contribution in [3.63, 3.8) is 0 Å². The Morgan fingerprint density at radius 1 is 1.20 bits per heavy atom. The van der Waals surface area contributed by atoms with Crippen LogP contribution in [-0.4, -0.2) is 21.5 Å². The van der Waals surface area contributed by atoms with E-state index < -0.39 is 0 Å². The lowest BCUT2D eigenvalue weighted by atomic mass is 10.3. The Labute approximate surface area is 64.4 Å². The summed E-state index contributed by atoms with van der Waals surface area (Å²) in [5, 5.41) is 0. The summed E-state index contributed by atoms with van der Waals surface area (Å²) in [4.78, 5) is 0. The van der Waals surface area contributed by atoms with Gasteiger partial charge in [0, 0.05) is 8.80 Å². The molecule has 2 saturated heterocycles. The SMILES string of the molecule is C1CC[SiH](CC2CO2)CC1. The van der Waals surface area contributed by atoms with Crippen LogP contribution in [0.5, 0.6) is 0 Å². The smallest absolute Gasteiger partial charge is 0.0784 e. The molecule has 0 bridgehead atoms. The highest BCUT2D eigenvalue weighted by Gasteiger charge is 2.27. The molecule has 0 aromatic rings. The summed E-state index contributed by atoms with van der Waals surface area (Å²) in [6.07, 6.45) is 5.30. The second kappa shape index (κ2) is 3.05. The topological polar surface area (TPSA) is 12.5 Å². The van der Waals surface area contributed by atoms with Crippen molar-refractivity contribution in [1.82, 2.24) is 0 Å². The van der Waals surface area contributed by atoms with E-state index in [9.17, 15) is 0 Å². The summed E-state index contributed by atoms with van der Waals surface area (Å²) in [5.74, 6) is 0. The van der Waals surface area contributed by atoms with Crippen LogP contribution in [0.1, 0.15) is 19.3 Å². The predicted octanol–water partition coefficient (Wildman–Crippen LogP) is 1.80. The van der Waals surface area contributed by atoms with E-state index in [4.69, 9.17) is 4.74 Å². The van der Waals surface area contributed by atoms with E-state index in [1.807, 2.05) is 0 Å². The van der Waals surface area contributed by atoms with Gasteiger partial charge in [-0.1, -0.05) is 31.4 Å². The molecule has 0 aromatic heterocycles. The average molecular weight is 156 g/mol. The van der Waals surface area contributed by atoms with Crippen LogP contribution in [0.2, 0.25) is 18.1 Å². The van der Waals surface area contributed by atoms with Crippen LogP contribution in [-0.2, 0) is 4.74 Å². The molecule has 2 aliphatic heterocycles. The van der Waals surface area contributed by atoms with Gasteiger partial charge >= 0.3 is 0 Å². The molecule has 10 heavy (non-hydrogen) atoms. The fraction of sp³-hybridized carbons (Fsp3) is 1.00. The second-order valence-electron chi connectivity index (χ2n) is 3.70. The first-order valence-corrected chi connectivity index (χ1v) is 7.02. The Morgan fingerprint density at radius 2 is 1.90 bits per heavy atom. The molecule has 1 unspecified atom stereocenters. The van der Waals surface area contributed by atoms with Crippen LogP contribution in [0.3, 0.4) is 0 Å². The van der Waals surface area contributed by atoms with Gasteiger partial charge in [0.2, 0.25) is 0 Å². The maximum atomic E-state index is 5.25. The molecule has 58 valence electrons. The summed E-state index contributed by atoms with van der Waals surface area (Å²) < 4.78 is 5.25. The van der Waals surface area contributed by atoms with Crippen molar-refractivity contribution < 1.29 is 4.74 Å². The number of epoxide rings is 1. The van der Waals surface area contributed by atoms with E-state index in [0.717, 1.165) is 12.7 Å². The minimum absolute atomic E-state index is 0.247. The van der Waals surface area contributed by atoms with Crippen molar-refractivity contribution in [2.24, 2.45) is 0 Å². The first-order chi connectivity index (χ1) is 4.95. The van der Waals surface area contributed by atoms with Gasteiger partial charge in [0.25, 0.3) is 0 Å². The van der Waals surface area contributed by atoms with Crippen LogP contribution in [0.4, 0.5) is 0 Å². The zero-order chi connectivity index (χ0) is 6.81. The van der Waals surface area contributed by atoms with Gasteiger partial charge in [-0.2, -0.15) is 0 Å². The molecule has 1 nitrogen and oxygen atoms in total. The molecule has 2 aliphatic rings. The second-order valence-corrected chi connectivity index (χ2v) is 7.05. The van der Waals surface area contributed by atoms with Crippen LogP contribution < -0.4 is 0 Å². The van der Waals surface area contributed by atoms with Crippen molar-refractivity contribution in [2.75, 3.05) is 6.61 Å². The third kappa shape index (κ3) is 1.83. The lowest BCUT2D eigenvalue weighted by Gasteiger charge is -2.18. The Bertz CT molecular complexity index is 106. The van der Waals surface area contributed by atoms with Crippen molar-refractivity contribution in [2.45, 2.75) is 43.5 Å². The molecule has 0 saturated carbocycles. The van der Waals surface area contributed by atoms with E-state index in [1.165, 1.54) is 25.3 Å². The van der Waals surface area contributed by atoms with Crippen LogP contribution in [0.15, 0.2) is 0 Å². The molecule has 2 heteroatoms. The van der Waals surface area contributed by atoms with Crippen LogP contribution in [0, 0.1) is 0 Å². The van der Waals surface area contributed by atoms with E-state index in [-0.39, 0.29) is 8.80 Å². The highest BCUT2D eigenvalue weighted by Crippen LogP contribution is 2.26. The summed E-state index contributed by atoms with van der Waals surface area (Å²) in [6.45, 7) is 1.09. The molecular formula is C8H16OSi. The first-order valence-electron chi connectivity index (χ1n) is 4.57. The molecule has 2 rings (SSSR count). The van der Waals surface area contributed by atoms with E-state index in [0.29, 0.717) is 0 Å². The minimum atomic E-state index is -0.247. The fourth-order valence-corrected chi connectivity index (χ4v) is 5.51. The number of hydrogen-bond donors (Lipinski definition) is 0. The zero-order valence-electron chi connectivity index (χ0n) is 6.51. The maximum Gasteiger partial charge on any atom is 0.0784 e. The molecule has 0 spiro atoms. The zero-order valence-corrected chi connectivity index (χ0v) is 7.67. The van der Waals surface area contributed by atoms with Gasteiger partial charge in [0.15, 0.2) is 0 Å². The molecule has 0 radical (unpaired) electrons. The Balaban J connectivity index is 1.69. The standard InChI is InChI=1S/C8H16OSi/c1-2-4-10(5-3-1)7-8-6-9-8/h8,10H,1-7H2. The molecule has 0 aromatic carbocycles. The lowest BCUT2D eigenvalue weighted by molar-refractivity contribution is 0.421. The average Bonchev–Trinajstić information content (AvgIpc) is 2.74. The number of ether oxygens (including phenoxy) is 1.